The minimum absolute atomic E-state index is 0.0702. The van der Waals surface area contributed by atoms with Crippen molar-refractivity contribution in [3.8, 4) is 11.6 Å². The van der Waals surface area contributed by atoms with Crippen molar-refractivity contribution in [3.05, 3.63) is 66.1 Å². The van der Waals surface area contributed by atoms with Gasteiger partial charge in [0, 0.05) is 23.0 Å². The number of carbonyl (C=O) groups excluding carboxylic acids is 1. The average Bonchev–Trinajstić information content (AvgIpc) is 3.33. The molecule has 0 aliphatic carbocycles. The van der Waals surface area contributed by atoms with Gasteiger partial charge in [-0.25, -0.2) is 0 Å². The van der Waals surface area contributed by atoms with Gasteiger partial charge in [0.15, 0.2) is 0 Å². The molecular weight excluding hydrogens is 409 g/mol. The first-order chi connectivity index (χ1) is 14.8. The Balaban J connectivity index is 1.64. The molecule has 0 radical (unpaired) electrons. The van der Waals surface area contributed by atoms with E-state index in [-0.39, 0.29) is 18.1 Å². The maximum atomic E-state index is 12.9. The topological polar surface area (TPSA) is 73.0 Å². The SMILES string of the molecule is CCCc1nnc(-c2cc3ccccc3n2CC(=O)Nc2cccc(C(F)(F)F)c2)o1. The molecule has 6 nitrogen and oxygen atoms in total. The van der Waals surface area contributed by atoms with Gasteiger partial charge in [0.1, 0.15) is 12.2 Å². The zero-order valence-corrected chi connectivity index (χ0v) is 16.6. The molecule has 4 rings (SSSR count). The van der Waals surface area contributed by atoms with Crippen molar-refractivity contribution in [1.82, 2.24) is 14.8 Å². The predicted molar refractivity (Wildman–Crippen MR) is 109 cm³/mol. The van der Waals surface area contributed by atoms with Crippen molar-refractivity contribution in [1.29, 1.82) is 0 Å². The van der Waals surface area contributed by atoms with E-state index in [4.69, 9.17) is 4.42 Å². The van der Waals surface area contributed by atoms with Crippen molar-refractivity contribution in [3.63, 3.8) is 0 Å². The number of aromatic nitrogens is 3. The lowest BCUT2D eigenvalue weighted by molar-refractivity contribution is -0.137. The van der Waals surface area contributed by atoms with Gasteiger partial charge in [-0.3, -0.25) is 4.79 Å². The standard InChI is InChI=1S/C22H19F3N4O2/c1-2-6-20-27-28-21(31-20)18-11-14-7-3-4-10-17(14)29(18)13-19(30)26-16-9-5-8-15(12-16)22(23,24)25/h3-5,7-12H,2,6,13H2,1H3,(H,26,30). The Morgan fingerprint density at radius 3 is 2.68 bits per heavy atom. The van der Waals surface area contributed by atoms with Crippen molar-refractivity contribution in [2.24, 2.45) is 0 Å². The number of rotatable bonds is 6. The van der Waals surface area contributed by atoms with Crippen molar-refractivity contribution < 1.29 is 22.4 Å². The molecule has 0 aliphatic rings. The van der Waals surface area contributed by atoms with E-state index in [0.717, 1.165) is 29.5 Å². The molecule has 0 fully saturated rings. The largest absolute Gasteiger partial charge is 0.419 e. The van der Waals surface area contributed by atoms with Crippen LogP contribution in [0.4, 0.5) is 18.9 Å². The summed E-state index contributed by atoms with van der Waals surface area (Å²) in [4.78, 5) is 12.7. The van der Waals surface area contributed by atoms with Crippen molar-refractivity contribution in [2.45, 2.75) is 32.5 Å². The molecular formula is C22H19F3N4O2. The highest BCUT2D eigenvalue weighted by Crippen LogP contribution is 2.31. The summed E-state index contributed by atoms with van der Waals surface area (Å²) in [7, 11) is 0. The Kier molecular flexibility index (Phi) is 5.50. The van der Waals surface area contributed by atoms with Crippen LogP contribution in [0.15, 0.2) is 59.0 Å². The van der Waals surface area contributed by atoms with Gasteiger partial charge in [0.25, 0.3) is 5.89 Å². The summed E-state index contributed by atoms with van der Waals surface area (Å²) in [5.74, 6) is 0.310. The van der Waals surface area contributed by atoms with Crippen LogP contribution >= 0.6 is 0 Å². The summed E-state index contributed by atoms with van der Waals surface area (Å²) in [6, 6.07) is 13.8. The number of para-hydroxylation sites is 1. The number of carbonyl (C=O) groups is 1. The van der Waals surface area contributed by atoms with Crippen LogP contribution in [-0.2, 0) is 23.9 Å². The molecule has 0 saturated carbocycles. The van der Waals surface area contributed by atoms with Crippen LogP contribution in [0.25, 0.3) is 22.5 Å². The molecule has 2 aromatic heterocycles. The number of fused-ring (bicyclic) bond motifs is 1. The minimum atomic E-state index is -4.49. The third-order valence-corrected chi connectivity index (χ3v) is 4.74. The smallest absolute Gasteiger partial charge is 0.416 e. The number of hydrogen-bond acceptors (Lipinski definition) is 4. The third kappa shape index (κ3) is 4.45. The molecule has 9 heteroatoms. The van der Waals surface area contributed by atoms with E-state index in [1.165, 1.54) is 12.1 Å². The average molecular weight is 428 g/mol. The second kappa shape index (κ2) is 8.25. The lowest BCUT2D eigenvalue weighted by Gasteiger charge is -2.12. The Bertz CT molecular complexity index is 1230. The van der Waals surface area contributed by atoms with Crippen LogP contribution in [0.2, 0.25) is 0 Å². The Morgan fingerprint density at radius 1 is 1.10 bits per heavy atom. The molecule has 0 unspecified atom stereocenters. The van der Waals surface area contributed by atoms with E-state index in [1.807, 2.05) is 37.3 Å². The zero-order chi connectivity index (χ0) is 22.0. The van der Waals surface area contributed by atoms with Crippen LogP contribution in [0.1, 0.15) is 24.8 Å². The van der Waals surface area contributed by atoms with Gasteiger partial charge in [0.2, 0.25) is 11.8 Å². The summed E-state index contributed by atoms with van der Waals surface area (Å²) in [6.45, 7) is 1.86. The van der Waals surface area contributed by atoms with E-state index >= 15 is 0 Å². The first-order valence-corrected chi connectivity index (χ1v) is 9.73. The number of halogens is 3. The van der Waals surface area contributed by atoms with E-state index in [2.05, 4.69) is 15.5 Å². The number of nitrogens with one attached hydrogen (secondary N) is 1. The molecule has 160 valence electrons. The Labute approximate surface area is 175 Å². The first kappa shape index (κ1) is 20.6. The molecule has 0 atom stereocenters. The molecule has 2 heterocycles. The monoisotopic (exact) mass is 428 g/mol. The zero-order valence-electron chi connectivity index (χ0n) is 16.6. The fraction of sp³-hybridized carbons (Fsp3) is 0.227. The number of anilines is 1. The maximum absolute atomic E-state index is 12.9. The number of alkyl halides is 3. The van der Waals surface area contributed by atoms with Gasteiger partial charge in [0.05, 0.1) is 5.56 Å². The normalized spacial score (nSPS) is 11.7. The van der Waals surface area contributed by atoms with Gasteiger partial charge in [-0.1, -0.05) is 31.2 Å². The molecule has 4 aromatic rings. The van der Waals surface area contributed by atoms with Gasteiger partial charge in [-0.2, -0.15) is 13.2 Å². The Morgan fingerprint density at radius 2 is 1.90 bits per heavy atom. The second-order valence-corrected chi connectivity index (χ2v) is 7.05. The molecule has 1 N–H and O–H groups in total. The molecule has 0 saturated heterocycles. The Hall–Kier alpha value is -3.62. The number of hydrogen-bond donors (Lipinski definition) is 1. The van der Waals surface area contributed by atoms with Crippen LogP contribution in [0.3, 0.4) is 0 Å². The van der Waals surface area contributed by atoms with E-state index < -0.39 is 17.6 Å². The van der Waals surface area contributed by atoms with Gasteiger partial charge in [-0.15, -0.1) is 10.2 Å². The van der Waals surface area contributed by atoms with Crippen molar-refractivity contribution >= 4 is 22.5 Å². The van der Waals surface area contributed by atoms with E-state index in [9.17, 15) is 18.0 Å². The summed E-state index contributed by atoms with van der Waals surface area (Å²) in [6.07, 6.45) is -2.99. The molecule has 0 aliphatic heterocycles. The first-order valence-electron chi connectivity index (χ1n) is 9.73. The van der Waals surface area contributed by atoms with Crippen LogP contribution in [0.5, 0.6) is 0 Å². The lowest BCUT2D eigenvalue weighted by Crippen LogP contribution is -2.19. The van der Waals surface area contributed by atoms with Gasteiger partial charge >= 0.3 is 6.18 Å². The van der Waals surface area contributed by atoms with Gasteiger partial charge < -0.3 is 14.3 Å². The number of benzene rings is 2. The number of aryl methyl sites for hydroxylation is 1. The van der Waals surface area contributed by atoms with Crippen molar-refractivity contribution in [2.75, 3.05) is 5.32 Å². The summed E-state index contributed by atoms with van der Waals surface area (Å²) in [5.41, 5.74) is 0.578. The highest BCUT2D eigenvalue weighted by atomic mass is 19.4. The lowest BCUT2D eigenvalue weighted by atomic mass is 10.2. The predicted octanol–water partition coefficient (Wildman–Crippen LogP) is 5.30. The third-order valence-electron chi connectivity index (χ3n) is 4.74. The summed E-state index contributed by atoms with van der Waals surface area (Å²) in [5, 5.41) is 11.5. The molecule has 1 amide bonds. The van der Waals surface area contributed by atoms with Crippen LogP contribution in [-0.4, -0.2) is 20.7 Å². The van der Waals surface area contributed by atoms with Crippen LogP contribution in [0, 0.1) is 0 Å². The fourth-order valence-electron chi connectivity index (χ4n) is 3.35. The minimum Gasteiger partial charge on any atom is -0.419 e. The second-order valence-electron chi connectivity index (χ2n) is 7.05. The number of amides is 1. The highest BCUT2D eigenvalue weighted by molar-refractivity contribution is 5.93. The maximum Gasteiger partial charge on any atom is 0.416 e. The fourth-order valence-corrected chi connectivity index (χ4v) is 3.35. The highest BCUT2D eigenvalue weighted by Gasteiger charge is 2.30. The molecule has 2 aromatic carbocycles. The molecule has 31 heavy (non-hydrogen) atoms. The van der Waals surface area contributed by atoms with Gasteiger partial charge in [-0.05, 0) is 36.8 Å². The quantitative estimate of drug-likeness (QED) is 0.452. The molecule has 0 bridgehead atoms. The summed E-state index contributed by atoms with van der Waals surface area (Å²) < 4.78 is 46.3. The van der Waals surface area contributed by atoms with E-state index in [1.54, 1.807) is 4.57 Å². The number of nitrogens with zero attached hydrogens (tertiary/aromatic N) is 3. The van der Waals surface area contributed by atoms with Crippen LogP contribution < -0.4 is 5.32 Å². The van der Waals surface area contributed by atoms with E-state index in [0.29, 0.717) is 18.0 Å². The molecule has 0 spiro atoms. The summed E-state index contributed by atoms with van der Waals surface area (Å²) >= 11 is 0.